The van der Waals surface area contributed by atoms with E-state index in [4.69, 9.17) is 0 Å². The predicted octanol–water partition coefficient (Wildman–Crippen LogP) is 7.35. The fourth-order valence-corrected chi connectivity index (χ4v) is 5.78. The van der Waals surface area contributed by atoms with Crippen molar-refractivity contribution >= 4 is 51.2 Å². The van der Waals surface area contributed by atoms with Crippen molar-refractivity contribution in [3.8, 4) is 22.3 Å². The Morgan fingerprint density at radius 2 is 0.761 bits per heavy atom. The van der Waals surface area contributed by atoms with Crippen LogP contribution in [-0.4, -0.2) is 50.1 Å². The molecule has 6 rings (SSSR count). The van der Waals surface area contributed by atoms with Crippen LogP contribution in [0.4, 0.5) is 0 Å². The minimum atomic E-state index is -1.39. The number of hydrogen-bond donors (Lipinski definition) is 4. The third-order valence-electron chi connectivity index (χ3n) is 7.89. The van der Waals surface area contributed by atoms with Crippen molar-refractivity contribution in [2.45, 2.75) is 0 Å². The molecule has 6 aromatic carbocycles. The van der Waals surface area contributed by atoms with Crippen LogP contribution >= 0.6 is 0 Å². The molecule has 0 atom stereocenters. The van der Waals surface area contributed by atoms with Gasteiger partial charge in [-0.05, 0) is 68.1 Å². The summed E-state index contributed by atoms with van der Waals surface area (Å²) in [5.74, 6) is -5.95. The summed E-state index contributed by atoms with van der Waals surface area (Å²) in [6, 6.07) is 28.0. The summed E-state index contributed by atoms with van der Waals surface area (Å²) in [5, 5.41) is 41.5. The van der Waals surface area contributed by atoms with E-state index in [-0.39, 0.29) is 55.6 Å². The Bertz CT molecular complexity index is 2140. The van der Waals surface area contributed by atoms with E-state index < -0.39 is 29.7 Å². The van der Waals surface area contributed by atoms with Gasteiger partial charge in [0, 0.05) is 11.1 Å². The Hall–Kier alpha value is -6.61. The van der Waals surface area contributed by atoms with Crippen LogP contribution in [0.3, 0.4) is 0 Å². The van der Waals surface area contributed by atoms with Crippen LogP contribution in [0.1, 0.15) is 57.4 Å². The second kappa shape index (κ2) is 11.5. The molecular formula is C37H22O9. The van der Waals surface area contributed by atoms with Crippen molar-refractivity contribution in [1.29, 1.82) is 0 Å². The highest BCUT2D eigenvalue weighted by atomic mass is 16.4. The first kappa shape index (κ1) is 29.5. The van der Waals surface area contributed by atoms with E-state index >= 15 is 4.79 Å². The van der Waals surface area contributed by atoms with E-state index in [1.54, 1.807) is 72.8 Å². The summed E-state index contributed by atoms with van der Waals surface area (Å²) in [6.07, 6.45) is 0. The lowest BCUT2D eigenvalue weighted by molar-refractivity contribution is 0.0677. The van der Waals surface area contributed by atoms with E-state index in [1.807, 2.05) is 0 Å². The van der Waals surface area contributed by atoms with Gasteiger partial charge in [-0.15, -0.1) is 0 Å². The number of carboxylic acid groups (broad SMARTS) is 4. The quantitative estimate of drug-likeness (QED) is 0.129. The predicted molar refractivity (Wildman–Crippen MR) is 170 cm³/mol. The van der Waals surface area contributed by atoms with Gasteiger partial charge in [-0.25, -0.2) is 19.2 Å². The second-order valence-electron chi connectivity index (χ2n) is 10.5. The van der Waals surface area contributed by atoms with E-state index in [0.29, 0.717) is 21.5 Å². The van der Waals surface area contributed by atoms with Crippen LogP contribution in [0.15, 0.2) is 109 Å². The molecule has 6 aromatic rings. The first-order valence-electron chi connectivity index (χ1n) is 13.9. The van der Waals surface area contributed by atoms with Crippen molar-refractivity contribution in [2.24, 2.45) is 0 Å². The summed E-state index contributed by atoms with van der Waals surface area (Å²) in [6.45, 7) is 0. The van der Waals surface area contributed by atoms with Crippen LogP contribution in [0.5, 0.6) is 0 Å². The highest BCUT2D eigenvalue weighted by Gasteiger charge is 2.27. The molecule has 0 spiro atoms. The molecule has 0 radical (unpaired) electrons. The molecule has 0 aliphatic heterocycles. The van der Waals surface area contributed by atoms with Crippen molar-refractivity contribution in [2.75, 3.05) is 0 Å². The van der Waals surface area contributed by atoms with Gasteiger partial charge >= 0.3 is 23.9 Å². The number of fused-ring (bicyclic) bond motifs is 2. The molecule has 0 saturated carbocycles. The van der Waals surface area contributed by atoms with Gasteiger partial charge < -0.3 is 20.4 Å². The number of rotatable bonds is 8. The summed E-state index contributed by atoms with van der Waals surface area (Å²) in [7, 11) is 0. The Labute approximate surface area is 260 Å². The summed E-state index contributed by atoms with van der Waals surface area (Å²) in [4.78, 5) is 63.2. The molecule has 0 amide bonds. The van der Waals surface area contributed by atoms with Gasteiger partial charge in [-0.1, -0.05) is 84.9 Å². The molecule has 0 fully saturated rings. The van der Waals surface area contributed by atoms with Gasteiger partial charge in [-0.3, -0.25) is 4.79 Å². The number of hydrogen-bond acceptors (Lipinski definition) is 5. The van der Waals surface area contributed by atoms with E-state index in [2.05, 4.69) is 0 Å². The molecule has 4 N–H and O–H groups in total. The highest BCUT2D eigenvalue weighted by Crippen LogP contribution is 2.39. The monoisotopic (exact) mass is 610 g/mol. The van der Waals surface area contributed by atoms with Gasteiger partial charge in [0.25, 0.3) is 0 Å². The van der Waals surface area contributed by atoms with E-state index in [1.165, 1.54) is 24.3 Å². The zero-order valence-electron chi connectivity index (χ0n) is 23.7. The average Bonchev–Trinajstić information content (AvgIpc) is 3.06. The topological polar surface area (TPSA) is 166 Å². The lowest BCUT2D eigenvalue weighted by Crippen LogP contribution is -2.11. The normalized spacial score (nSPS) is 11.0. The number of ketones is 1. The number of benzene rings is 6. The lowest BCUT2D eigenvalue weighted by Gasteiger charge is -2.19. The highest BCUT2D eigenvalue weighted by molar-refractivity contribution is 6.27. The SMILES string of the molecule is O=C(O)c1ccc(-c2ccc3ccccc3c2C(=O)c2c(-c3ccc(C(=O)O)cc3C(=O)O)ccc3ccccc23)c(C(=O)O)c1. The van der Waals surface area contributed by atoms with Crippen molar-refractivity contribution < 1.29 is 44.4 Å². The maximum atomic E-state index is 15.1. The Morgan fingerprint density at radius 1 is 0.391 bits per heavy atom. The van der Waals surface area contributed by atoms with Crippen LogP contribution in [0.2, 0.25) is 0 Å². The fraction of sp³-hybridized carbons (Fsp3) is 0. The van der Waals surface area contributed by atoms with Crippen LogP contribution < -0.4 is 0 Å². The largest absolute Gasteiger partial charge is 0.478 e. The van der Waals surface area contributed by atoms with E-state index in [9.17, 15) is 39.6 Å². The van der Waals surface area contributed by atoms with Gasteiger partial charge in [0.05, 0.1) is 22.3 Å². The standard InChI is InChI=1S/C37H22O9/c38-33(31-23-7-3-1-5-19(23)9-15-27(31)25-13-11-21(34(39)40)17-29(25)36(43)44)32-24-8-4-2-6-20(24)10-16-28(32)26-14-12-22(35(41)42)18-30(26)37(45)46/h1-18H,(H,39,40)(H,41,42)(H,43,44)(H,45,46). The molecule has 9 heteroatoms. The van der Waals surface area contributed by atoms with Crippen LogP contribution in [0.25, 0.3) is 43.8 Å². The van der Waals surface area contributed by atoms with E-state index in [0.717, 1.165) is 12.1 Å². The molecule has 0 heterocycles. The smallest absolute Gasteiger partial charge is 0.336 e. The molecule has 0 aliphatic carbocycles. The third kappa shape index (κ3) is 5.01. The Balaban J connectivity index is 1.72. The van der Waals surface area contributed by atoms with Crippen LogP contribution in [0, 0.1) is 0 Å². The second-order valence-corrected chi connectivity index (χ2v) is 10.5. The molecule has 224 valence electrons. The zero-order valence-corrected chi connectivity index (χ0v) is 23.7. The molecule has 46 heavy (non-hydrogen) atoms. The molecule has 0 bridgehead atoms. The zero-order chi connectivity index (χ0) is 32.7. The van der Waals surface area contributed by atoms with Crippen molar-refractivity contribution in [3.05, 3.63) is 143 Å². The first-order valence-corrected chi connectivity index (χ1v) is 13.9. The number of carbonyl (C=O) groups is 5. The third-order valence-corrected chi connectivity index (χ3v) is 7.89. The molecule has 9 nitrogen and oxygen atoms in total. The Morgan fingerprint density at radius 3 is 1.13 bits per heavy atom. The van der Waals surface area contributed by atoms with Gasteiger partial charge in [0.15, 0.2) is 5.78 Å². The van der Waals surface area contributed by atoms with Gasteiger partial charge in [-0.2, -0.15) is 0 Å². The minimum absolute atomic E-state index is 0.116. The van der Waals surface area contributed by atoms with Gasteiger partial charge in [0.2, 0.25) is 0 Å². The lowest BCUT2D eigenvalue weighted by atomic mass is 9.83. The number of carboxylic acids is 4. The number of carbonyl (C=O) groups excluding carboxylic acids is 1. The molecule has 0 aliphatic rings. The maximum absolute atomic E-state index is 15.1. The maximum Gasteiger partial charge on any atom is 0.336 e. The molecule has 0 saturated heterocycles. The summed E-state index contributed by atoms with van der Waals surface area (Å²) < 4.78 is 0. The van der Waals surface area contributed by atoms with Crippen LogP contribution in [-0.2, 0) is 0 Å². The minimum Gasteiger partial charge on any atom is -0.478 e. The summed E-state index contributed by atoms with van der Waals surface area (Å²) >= 11 is 0. The first-order chi connectivity index (χ1) is 22.1. The van der Waals surface area contributed by atoms with Gasteiger partial charge in [0.1, 0.15) is 0 Å². The van der Waals surface area contributed by atoms with Crippen molar-refractivity contribution in [1.82, 2.24) is 0 Å². The molecular weight excluding hydrogens is 588 g/mol. The number of aromatic carboxylic acids is 4. The van der Waals surface area contributed by atoms with Crippen molar-refractivity contribution in [3.63, 3.8) is 0 Å². The fourth-order valence-electron chi connectivity index (χ4n) is 5.78. The molecule has 0 aromatic heterocycles. The Kier molecular flexibility index (Phi) is 7.35. The average molecular weight is 611 g/mol. The molecule has 0 unspecified atom stereocenters. The summed E-state index contributed by atoms with van der Waals surface area (Å²) in [5.41, 5.74) is -0.168.